The molecule has 3 heteroatoms. The van der Waals surface area contributed by atoms with E-state index in [1.54, 1.807) is 11.3 Å². The standard InChI is InChI=1S/C6H5NOS/c7-6-3-5-4(8-6)1-2-9-5/h1-3H,7H2. The molecule has 0 spiro atoms. The van der Waals surface area contributed by atoms with E-state index in [9.17, 15) is 0 Å². The number of nitrogen functional groups attached to an aromatic ring is 1. The molecule has 0 aromatic carbocycles. The normalized spacial score (nSPS) is 10.7. The third-order valence-corrected chi connectivity index (χ3v) is 2.00. The Labute approximate surface area is 55.9 Å². The van der Waals surface area contributed by atoms with E-state index >= 15 is 0 Å². The number of nitrogens with two attached hydrogens (primary N) is 1. The summed E-state index contributed by atoms with van der Waals surface area (Å²) in [4.78, 5) is 0. The van der Waals surface area contributed by atoms with Gasteiger partial charge < -0.3 is 10.2 Å². The minimum atomic E-state index is 0.497. The first-order valence-electron chi connectivity index (χ1n) is 2.59. The van der Waals surface area contributed by atoms with Gasteiger partial charge >= 0.3 is 0 Å². The third kappa shape index (κ3) is 0.616. The lowest BCUT2D eigenvalue weighted by Gasteiger charge is -1.74. The lowest BCUT2D eigenvalue weighted by molar-refractivity contribution is 0.638. The maximum absolute atomic E-state index is 5.38. The third-order valence-electron chi connectivity index (χ3n) is 1.16. The van der Waals surface area contributed by atoms with Crippen LogP contribution < -0.4 is 5.73 Å². The highest BCUT2D eigenvalue weighted by Gasteiger charge is 1.98. The molecule has 2 rings (SSSR count). The average molecular weight is 139 g/mol. The zero-order valence-electron chi connectivity index (χ0n) is 4.63. The van der Waals surface area contributed by atoms with Gasteiger partial charge in [-0.3, -0.25) is 0 Å². The Morgan fingerprint density at radius 3 is 3.22 bits per heavy atom. The maximum atomic E-state index is 5.38. The Balaban J connectivity index is 2.92. The summed E-state index contributed by atoms with van der Waals surface area (Å²) in [7, 11) is 0. The van der Waals surface area contributed by atoms with Crippen LogP contribution in [0, 0.1) is 0 Å². The van der Waals surface area contributed by atoms with Gasteiger partial charge in [-0.05, 0) is 11.4 Å². The fourth-order valence-corrected chi connectivity index (χ4v) is 1.53. The second-order valence-corrected chi connectivity index (χ2v) is 2.75. The van der Waals surface area contributed by atoms with Gasteiger partial charge in [0.25, 0.3) is 0 Å². The molecule has 46 valence electrons. The molecule has 0 saturated heterocycles. The summed E-state index contributed by atoms with van der Waals surface area (Å²) in [6, 6.07) is 3.75. The second kappa shape index (κ2) is 1.51. The molecule has 0 aliphatic heterocycles. The van der Waals surface area contributed by atoms with Crippen LogP contribution in [-0.4, -0.2) is 0 Å². The van der Waals surface area contributed by atoms with Gasteiger partial charge in [0, 0.05) is 6.07 Å². The summed E-state index contributed by atoms with van der Waals surface area (Å²) >= 11 is 1.63. The summed E-state index contributed by atoms with van der Waals surface area (Å²) in [5.41, 5.74) is 6.26. The van der Waals surface area contributed by atoms with Gasteiger partial charge in [0.05, 0.1) is 4.70 Å². The highest BCUT2D eigenvalue weighted by atomic mass is 32.1. The van der Waals surface area contributed by atoms with Crippen LogP contribution >= 0.6 is 11.3 Å². The van der Waals surface area contributed by atoms with E-state index < -0.39 is 0 Å². The summed E-state index contributed by atoms with van der Waals surface area (Å²) in [5, 5.41) is 1.98. The molecule has 2 nitrogen and oxygen atoms in total. The van der Waals surface area contributed by atoms with Gasteiger partial charge in [0.1, 0.15) is 5.58 Å². The van der Waals surface area contributed by atoms with Crippen LogP contribution in [0.5, 0.6) is 0 Å². The first kappa shape index (κ1) is 4.88. The van der Waals surface area contributed by atoms with Crippen LogP contribution in [0.4, 0.5) is 5.88 Å². The molecule has 0 saturated carbocycles. The maximum Gasteiger partial charge on any atom is 0.192 e. The molecule has 0 radical (unpaired) electrons. The van der Waals surface area contributed by atoms with Gasteiger partial charge in [-0.15, -0.1) is 11.3 Å². The molecular weight excluding hydrogens is 134 g/mol. The summed E-state index contributed by atoms with van der Waals surface area (Å²) in [6.45, 7) is 0. The zero-order chi connectivity index (χ0) is 6.27. The summed E-state index contributed by atoms with van der Waals surface area (Å²) in [6.07, 6.45) is 0. The quantitative estimate of drug-likeness (QED) is 0.606. The van der Waals surface area contributed by atoms with Crippen molar-refractivity contribution in [1.82, 2.24) is 0 Å². The van der Waals surface area contributed by atoms with Crippen LogP contribution in [0.3, 0.4) is 0 Å². The molecule has 2 N–H and O–H groups in total. The van der Waals surface area contributed by atoms with Crippen molar-refractivity contribution in [1.29, 1.82) is 0 Å². The van der Waals surface area contributed by atoms with Crippen molar-refractivity contribution < 1.29 is 4.42 Å². The Hall–Kier alpha value is -0.960. The van der Waals surface area contributed by atoms with Crippen LogP contribution in [-0.2, 0) is 0 Å². The molecule has 2 heterocycles. The minimum Gasteiger partial charge on any atom is -0.440 e. The van der Waals surface area contributed by atoms with E-state index in [4.69, 9.17) is 10.2 Å². The molecule has 0 unspecified atom stereocenters. The topological polar surface area (TPSA) is 39.2 Å². The van der Waals surface area contributed by atoms with E-state index in [1.807, 2.05) is 17.5 Å². The molecule has 0 fully saturated rings. The average Bonchev–Trinajstić information content (AvgIpc) is 2.22. The minimum absolute atomic E-state index is 0.497. The molecule has 0 atom stereocenters. The van der Waals surface area contributed by atoms with Gasteiger partial charge in [0.15, 0.2) is 5.88 Å². The molecule has 0 bridgehead atoms. The molecule has 0 amide bonds. The number of thiophene rings is 1. The predicted molar refractivity (Wildman–Crippen MR) is 38.5 cm³/mol. The number of hydrogen-bond donors (Lipinski definition) is 1. The second-order valence-electron chi connectivity index (χ2n) is 1.80. The van der Waals surface area contributed by atoms with Gasteiger partial charge in [-0.2, -0.15) is 0 Å². The monoisotopic (exact) mass is 139 g/mol. The SMILES string of the molecule is Nc1cc2sccc2o1. The van der Waals surface area contributed by atoms with Crippen molar-refractivity contribution in [2.24, 2.45) is 0 Å². The Bertz CT molecular complexity index is 294. The van der Waals surface area contributed by atoms with Crippen LogP contribution in [0.2, 0.25) is 0 Å². The highest BCUT2D eigenvalue weighted by molar-refractivity contribution is 7.17. The lowest BCUT2D eigenvalue weighted by Crippen LogP contribution is -1.75. The smallest absolute Gasteiger partial charge is 0.192 e. The zero-order valence-corrected chi connectivity index (χ0v) is 5.44. The van der Waals surface area contributed by atoms with Crippen molar-refractivity contribution in [3.8, 4) is 0 Å². The number of fused-ring (bicyclic) bond motifs is 1. The lowest BCUT2D eigenvalue weighted by atomic mass is 10.5. The number of anilines is 1. The van der Waals surface area contributed by atoms with E-state index in [-0.39, 0.29) is 0 Å². The van der Waals surface area contributed by atoms with Gasteiger partial charge in [-0.1, -0.05) is 0 Å². The van der Waals surface area contributed by atoms with Crippen molar-refractivity contribution >= 4 is 27.5 Å². The van der Waals surface area contributed by atoms with Gasteiger partial charge in [0.2, 0.25) is 0 Å². The van der Waals surface area contributed by atoms with Crippen LogP contribution in [0.1, 0.15) is 0 Å². The van der Waals surface area contributed by atoms with E-state index in [0.29, 0.717) is 5.88 Å². The molecular formula is C6H5NOS. The Kier molecular flexibility index (Phi) is 0.818. The molecule has 9 heavy (non-hydrogen) atoms. The Morgan fingerprint density at radius 2 is 2.44 bits per heavy atom. The summed E-state index contributed by atoms with van der Waals surface area (Å²) < 4.78 is 6.21. The van der Waals surface area contributed by atoms with Crippen molar-refractivity contribution in [3.63, 3.8) is 0 Å². The van der Waals surface area contributed by atoms with E-state index in [0.717, 1.165) is 10.3 Å². The fraction of sp³-hybridized carbons (Fsp3) is 0. The van der Waals surface area contributed by atoms with E-state index in [2.05, 4.69) is 0 Å². The van der Waals surface area contributed by atoms with Gasteiger partial charge in [-0.25, -0.2) is 0 Å². The number of hydrogen-bond acceptors (Lipinski definition) is 3. The first-order valence-corrected chi connectivity index (χ1v) is 3.47. The fourth-order valence-electron chi connectivity index (χ4n) is 0.784. The molecule has 0 aliphatic rings. The van der Waals surface area contributed by atoms with E-state index in [1.165, 1.54) is 0 Å². The number of rotatable bonds is 0. The van der Waals surface area contributed by atoms with Crippen LogP contribution in [0.25, 0.3) is 10.3 Å². The molecule has 2 aromatic heterocycles. The molecule has 0 aliphatic carbocycles. The largest absolute Gasteiger partial charge is 0.440 e. The van der Waals surface area contributed by atoms with Crippen molar-refractivity contribution in [2.45, 2.75) is 0 Å². The predicted octanol–water partition coefficient (Wildman–Crippen LogP) is 2.08. The highest BCUT2D eigenvalue weighted by Crippen LogP contribution is 2.25. The number of furan rings is 1. The van der Waals surface area contributed by atoms with Crippen LogP contribution in [0.15, 0.2) is 21.9 Å². The summed E-state index contributed by atoms with van der Waals surface area (Å²) in [5.74, 6) is 0.497. The van der Waals surface area contributed by atoms with Crippen molar-refractivity contribution in [3.05, 3.63) is 17.5 Å². The molecule has 2 aromatic rings. The van der Waals surface area contributed by atoms with Crippen molar-refractivity contribution in [2.75, 3.05) is 5.73 Å². The first-order chi connectivity index (χ1) is 4.36. The Morgan fingerprint density at radius 1 is 1.56 bits per heavy atom.